The van der Waals surface area contributed by atoms with Crippen LogP contribution in [0.3, 0.4) is 0 Å². The van der Waals surface area contributed by atoms with E-state index in [-0.39, 0.29) is 34.9 Å². The summed E-state index contributed by atoms with van der Waals surface area (Å²) >= 11 is 0. The van der Waals surface area contributed by atoms with Gasteiger partial charge in [0.25, 0.3) is 0 Å². The van der Waals surface area contributed by atoms with Gasteiger partial charge in [-0.3, -0.25) is 0 Å². The SMILES string of the molecule is C=C1[C@H]2C[C@H](O)[C@H]3[C@]4(C)CCC[C@@](C)(CO)[C@H]4CC[C@]3(C2)[C@@H]1O. The van der Waals surface area contributed by atoms with E-state index in [2.05, 4.69) is 20.4 Å². The summed E-state index contributed by atoms with van der Waals surface area (Å²) in [5.41, 5.74) is 0.781. The molecule has 4 fully saturated rings. The minimum atomic E-state index is -0.449. The van der Waals surface area contributed by atoms with E-state index in [1.54, 1.807) is 0 Å². The van der Waals surface area contributed by atoms with Crippen molar-refractivity contribution in [1.29, 1.82) is 0 Å². The van der Waals surface area contributed by atoms with E-state index in [1.807, 2.05) is 0 Å². The third kappa shape index (κ3) is 1.82. The molecule has 3 nitrogen and oxygen atoms in total. The third-order valence-electron chi connectivity index (χ3n) is 8.65. The van der Waals surface area contributed by atoms with Gasteiger partial charge in [-0.05, 0) is 72.7 Å². The van der Waals surface area contributed by atoms with Gasteiger partial charge >= 0.3 is 0 Å². The zero-order valence-corrected chi connectivity index (χ0v) is 14.6. The van der Waals surface area contributed by atoms with Crippen molar-refractivity contribution in [3.63, 3.8) is 0 Å². The Hall–Kier alpha value is -0.380. The van der Waals surface area contributed by atoms with Crippen molar-refractivity contribution in [2.75, 3.05) is 6.61 Å². The van der Waals surface area contributed by atoms with Gasteiger partial charge in [0.15, 0.2) is 0 Å². The molecule has 130 valence electrons. The first-order valence-electron chi connectivity index (χ1n) is 9.44. The van der Waals surface area contributed by atoms with Crippen LogP contribution in [-0.4, -0.2) is 34.1 Å². The Morgan fingerprint density at radius 3 is 2.61 bits per heavy atom. The fourth-order valence-electron chi connectivity index (χ4n) is 7.80. The fourth-order valence-corrected chi connectivity index (χ4v) is 7.80. The first kappa shape index (κ1) is 16.1. The van der Waals surface area contributed by atoms with Crippen LogP contribution in [0.2, 0.25) is 0 Å². The Labute approximate surface area is 139 Å². The minimum absolute atomic E-state index is 0.0178. The van der Waals surface area contributed by atoms with Crippen LogP contribution >= 0.6 is 0 Å². The number of aliphatic hydroxyl groups is 3. The van der Waals surface area contributed by atoms with Crippen LogP contribution in [0, 0.1) is 34.0 Å². The molecule has 4 aliphatic rings. The summed E-state index contributed by atoms with van der Waals surface area (Å²) < 4.78 is 0. The molecular weight excluding hydrogens is 288 g/mol. The largest absolute Gasteiger partial charge is 0.396 e. The Balaban J connectivity index is 1.80. The van der Waals surface area contributed by atoms with Crippen molar-refractivity contribution in [3.8, 4) is 0 Å². The molecule has 0 heterocycles. The van der Waals surface area contributed by atoms with Crippen molar-refractivity contribution in [3.05, 3.63) is 12.2 Å². The predicted molar refractivity (Wildman–Crippen MR) is 89.7 cm³/mol. The van der Waals surface area contributed by atoms with Gasteiger partial charge in [0.1, 0.15) is 0 Å². The Kier molecular flexibility index (Phi) is 3.38. The third-order valence-corrected chi connectivity index (χ3v) is 8.65. The second-order valence-corrected chi connectivity index (χ2v) is 9.66. The number of aliphatic hydroxyl groups excluding tert-OH is 3. The number of hydrogen-bond acceptors (Lipinski definition) is 3. The summed E-state index contributed by atoms with van der Waals surface area (Å²) in [4.78, 5) is 0. The molecular formula is C20H32O3. The van der Waals surface area contributed by atoms with E-state index in [4.69, 9.17) is 0 Å². The zero-order valence-electron chi connectivity index (χ0n) is 14.6. The van der Waals surface area contributed by atoms with Crippen LogP contribution in [0.4, 0.5) is 0 Å². The molecule has 0 amide bonds. The highest BCUT2D eigenvalue weighted by Gasteiger charge is 2.68. The van der Waals surface area contributed by atoms with Gasteiger partial charge in [-0.2, -0.15) is 0 Å². The van der Waals surface area contributed by atoms with E-state index in [1.165, 1.54) is 0 Å². The van der Waals surface area contributed by atoms with Crippen LogP contribution in [0.1, 0.15) is 58.8 Å². The molecule has 1 spiro atoms. The lowest BCUT2D eigenvalue weighted by molar-refractivity contribution is -0.210. The predicted octanol–water partition coefficient (Wildman–Crippen LogP) is 2.89. The molecule has 0 radical (unpaired) electrons. The average Bonchev–Trinajstić information content (AvgIpc) is 2.68. The highest BCUT2D eigenvalue weighted by atomic mass is 16.3. The molecule has 4 saturated carbocycles. The molecule has 4 rings (SSSR count). The van der Waals surface area contributed by atoms with Crippen molar-refractivity contribution in [2.45, 2.75) is 71.0 Å². The van der Waals surface area contributed by atoms with E-state index in [9.17, 15) is 15.3 Å². The molecule has 4 aliphatic carbocycles. The normalized spacial score (nSPS) is 58.7. The smallest absolute Gasteiger partial charge is 0.0810 e. The summed E-state index contributed by atoms with van der Waals surface area (Å²) in [5.74, 6) is 0.881. The summed E-state index contributed by atoms with van der Waals surface area (Å²) in [6.07, 6.45) is 6.33. The molecule has 3 N–H and O–H groups in total. The summed E-state index contributed by atoms with van der Waals surface area (Å²) in [6, 6.07) is 0. The molecule has 0 unspecified atom stereocenters. The molecule has 8 atom stereocenters. The first-order valence-corrected chi connectivity index (χ1v) is 9.44. The van der Waals surface area contributed by atoms with E-state index < -0.39 is 6.10 Å². The quantitative estimate of drug-likeness (QED) is 0.651. The summed E-state index contributed by atoms with van der Waals surface area (Å²) in [7, 11) is 0. The highest BCUT2D eigenvalue weighted by molar-refractivity contribution is 5.28. The lowest BCUT2D eigenvalue weighted by atomic mass is 9.40. The number of fused-ring (bicyclic) bond motifs is 3. The van der Waals surface area contributed by atoms with Crippen molar-refractivity contribution < 1.29 is 15.3 Å². The van der Waals surface area contributed by atoms with Crippen molar-refractivity contribution in [1.82, 2.24) is 0 Å². The van der Waals surface area contributed by atoms with E-state index >= 15 is 0 Å². The summed E-state index contributed by atoms with van der Waals surface area (Å²) in [5, 5.41) is 32.1. The van der Waals surface area contributed by atoms with Gasteiger partial charge in [0.05, 0.1) is 12.2 Å². The van der Waals surface area contributed by atoms with Crippen LogP contribution in [0.25, 0.3) is 0 Å². The molecule has 0 saturated heterocycles. The Morgan fingerprint density at radius 1 is 1.17 bits per heavy atom. The number of hydrogen-bond donors (Lipinski definition) is 3. The van der Waals surface area contributed by atoms with Gasteiger partial charge in [0.2, 0.25) is 0 Å². The van der Waals surface area contributed by atoms with Crippen LogP contribution in [0.5, 0.6) is 0 Å². The second kappa shape index (κ2) is 4.83. The average molecular weight is 320 g/mol. The maximum absolute atomic E-state index is 11.0. The second-order valence-electron chi connectivity index (χ2n) is 9.66. The molecule has 0 aromatic heterocycles. The topological polar surface area (TPSA) is 60.7 Å². The zero-order chi connectivity index (χ0) is 16.6. The lowest BCUT2D eigenvalue weighted by Crippen LogP contribution is -2.62. The van der Waals surface area contributed by atoms with Gasteiger partial charge in [-0.15, -0.1) is 0 Å². The van der Waals surface area contributed by atoms with Gasteiger partial charge < -0.3 is 15.3 Å². The van der Waals surface area contributed by atoms with Gasteiger partial charge in [-0.1, -0.05) is 26.8 Å². The fraction of sp³-hybridized carbons (Fsp3) is 0.900. The maximum Gasteiger partial charge on any atom is 0.0810 e. The first-order chi connectivity index (χ1) is 10.8. The number of rotatable bonds is 1. The van der Waals surface area contributed by atoms with Gasteiger partial charge in [-0.25, -0.2) is 0 Å². The molecule has 0 aliphatic heterocycles. The van der Waals surface area contributed by atoms with E-state index in [0.717, 1.165) is 50.5 Å². The highest BCUT2D eigenvalue weighted by Crippen LogP contribution is 2.71. The van der Waals surface area contributed by atoms with Crippen LogP contribution in [0.15, 0.2) is 12.2 Å². The Morgan fingerprint density at radius 2 is 1.91 bits per heavy atom. The van der Waals surface area contributed by atoms with Crippen molar-refractivity contribution in [2.24, 2.45) is 34.0 Å². The summed E-state index contributed by atoms with van der Waals surface area (Å²) in [6.45, 7) is 8.98. The molecule has 0 aromatic rings. The standard InChI is InChI=1S/C20H32O3/c1-12-13-9-14(22)16-19(3)7-4-6-18(2,11-21)15(19)5-8-20(16,10-13)17(12)23/h13-17,21-23H,1,4-11H2,2-3H3/t13-,14-,15+,16-,17+,18-,19+,20+/m0/s1. The monoisotopic (exact) mass is 320 g/mol. The molecule has 23 heavy (non-hydrogen) atoms. The lowest BCUT2D eigenvalue weighted by Gasteiger charge is -2.65. The minimum Gasteiger partial charge on any atom is -0.396 e. The van der Waals surface area contributed by atoms with Crippen LogP contribution in [-0.2, 0) is 0 Å². The Bertz CT molecular complexity index is 531. The van der Waals surface area contributed by atoms with E-state index in [0.29, 0.717) is 11.8 Å². The molecule has 0 aromatic carbocycles. The van der Waals surface area contributed by atoms with Crippen LogP contribution < -0.4 is 0 Å². The van der Waals surface area contributed by atoms with Crippen molar-refractivity contribution >= 4 is 0 Å². The molecule has 2 bridgehead atoms. The molecule has 3 heteroatoms. The maximum atomic E-state index is 11.0. The van der Waals surface area contributed by atoms with Gasteiger partial charge in [0, 0.05) is 12.0 Å².